The Morgan fingerprint density at radius 2 is 1.38 bits per heavy atom. The van der Waals surface area contributed by atoms with Gasteiger partial charge in [-0.05, 0) is 24.3 Å². The zero-order chi connectivity index (χ0) is 11.2. The van der Waals surface area contributed by atoms with E-state index in [1.165, 1.54) is 0 Å². The van der Waals surface area contributed by atoms with Crippen LogP contribution in [0.2, 0.25) is 0 Å². The summed E-state index contributed by atoms with van der Waals surface area (Å²) in [4.78, 5) is 8.12. The second kappa shape index (κ2) is 5.32. The SMILES string of the molecule is FN(Cc1ccccn1)Cc1ccccn1. The summed E-state index contributed by atoms with van der Waals surface area (Å²) in [5.74, 6) is 0. The molecule has 0 aromatic carbocycles. The van der Waals surface area contributed by atoms with E-state index in [-0.39, 0.29) is 13.1 Å². The second-order valence-corrected chi connectivity index (χ2v) is 3.42. The van der Waals surface area contributed by atoms with Crippen LogP contribution in [0.3, 0.4) is 0 Å². The van der Waals surface area contributed by atoms with Crippen molar-refractivity contribution in [1.82, 2.24) is 15.1 Å². The van der Waals surface area contributed by atoms with Gasteiger partial charge in [0.05, 0.1) is 24.5 Å². The monoisotopic (exact) mass is 217 g/mol. The molecule has 0 saturated heterocycles. The summed E-state index contributed by atoms with van der Waals surface area (Å²) < 4.78 is 13.5. The molecule has 0 radical (unpaired) electrons. The average Bonchev–Trinajstić information content (AvgIpc) is 2.31. The minimum Gasteiger partial charge on any atom is -0.260 e. The number of hydrogen-bond donors (Lipinski definition) is 0. The highest BCUT2D eigenvalue weighted by molar-refractivity contribution is 5.05. The van der Waals surface area contributed by atoms with Crippen molar-refractivity contribution < 1.29 is 4.48 Å². The van der Waals surface area contributed by atoms with Crippen LogP contribution in [0, 0.1) is 0 Å². The zero-order valence-corrected chi connectivity index (χ0v) is 8.75. The highest BCUT2D eigenvalue weighted by atomic mass is 19.2. The fourth-order valence-electron chi connectivity index (χ4n) is 1.39. The van der Waals surface area contributed by atoms with Crippen LogP contribution in [-0.2, 0) is 13.1 Å². The maximum atomic E-state index is 13.5. The summed E-state index contributed by atoms with van der Waals surface area (Å²) in [6, 6.07) is 10.9. The standard InChI is InChI=1S/C12H12FN3/c13-16(9-11-5-1-3-7-14-11)10-12-6-2-4-8-15-12/h1-8H,9-10H2. The number of pyridine rings is 2. The van der Waals surface area contributed by atoms with Gasteiger partial charge in [-0.25, -0.2) is 0 Å². The molecule has 0 atom stereocenters. The zero-order valence-electron chi connectivity index (χ0n) is 8.75. The van der Waals surface area contributed by atoms with E-state index in [4.69, 9.17) is 0 Å². The van der Waals surface area contributed by atoms with Crippen molar-refractivity contribution in [1.29, 1.82) is 0 Å². The van der Waals surface area contributed by atoms with E-state index in [0.717, 1.165) is 0 Å². The van der Waals surface area contributed by atoms with E-state index in [1.54, 1.807) is 24.5 Å². The number of nitrogens with zero attached hydrogens (tertiary/aromatic N) is 3. The molecule has 2 aromatic rings. The van der Waals surface area contributed by atoms with Gasteiger partial charge in [-0.1, -0.05) is 12.1 Å². The van der Waals surface area contributed by atoms with Crippen molar-refractivity contribution in [3.05, 3.63) is 60.2 Å². The fraction of sp³-hybridized carbons (Fsp3) is 0.167. The Kier molecular flexibility index (Phi) is 3.56. The third-order valence-electron chi connectivity index (χ3n) is 2.12. The van der Waals surface area contributed by atoms with Gasteiger partial charge in [0.1, 0.15) is 0 Å². The lowest BCUT2D eigenvalue weighted by Crippen LogP contribution is -2.14. The van der Waals surface area contributed by atoms with Gasteiger partial charge in [-0.15, -0.1) is 9.60 Å². The second-order valence-electron chi connectivity index (χ2n) is 3.42. The lowest BCUT2D eigenvalue weighted by Gasteiger charge is -2.10. The normalized spacial score (nSPS) is 10.6. The van der Waals surface area contributed by atoms with Crippen LogP contribution >= 0.6 is 0 Å². The van der Waals surface area contributed by atoms with E-state index < -0.39 is 0 Å². The van der Waals surface area contributed by atoms with Crippen LogP contribution in [0.1, 0.15) is 11.4 Å². The van der Waals surface area contributed by atoms with Crippen LogP contribution in [0.15, 0.2) is 48.8 Å². The highest BCUT2D eigenvalue weighted by Gasteiger charge is 2.06. The quantitative estimate of drug-likeness (QED) is 0.736. The maximum Gasteiger partial charge on any atom is 0.0718 e. The van der Waals surface area contributed by atoms with Crippen LogP contribution in [0.4, 0.5) is 4.48 Å². The molecule has 2 aromatic heterocycles. The first-order chi connectivity index (χ1) is 7.84. The molecule has 16 heavy (non-hydrogen) atoms. The Labute approximate surface area is 93.5 Å². The molecule has 0 unspecified atom stereocenters. The molecule has 4 heteroatoms. The minimum atomic E-state index is 0.178. The van der Waals surface area contributed by atoms with Gasteiger partial charge in [-0.2, -0.15) is 0 Å². The summed E-state index contributed by atoms with van der Waals surface area (Å²) in [5, 5.41) is 0.699. The summed E-state index contributed by atoms with van der Waals surface area (Å²) in [6.45, 7) is 0.356. The largest absolute Gasteiger partial charge is 0.260 e. The number of rotatable bonds is 4. The predicted molar refractivity (Wildman–Crippen MR) is 58.8 cm³/mol. The van der Waals surface area contributed by atoms with Crippen molar-refractivity contribution >= 4 is 0 Å². The van der Waals surface area contributed by atoms with Crippen molar-refractivity contribution in [2.75, 3.05) is 0 Å². The molecular weight excluding hydrogens is 205 g/mol. The van der Waals surface area contributed by atoms with E-state index in [2.05, 4.69) is 9.97 Å². The van der Waals surface area contributed by atoms with E-state index in [1.807, 2.05) is 24.3 Å². The Balaban J connectivity index is 1.92. The topological polar surface area (TPSA) is 29.0 Å². The van der Waals surface area contributed by atoms with Crippen molar-refractivity contribution in [2.45, 2.75) is 13.1 Å². The average molecular weight is 217 g/mol. The van der Waals surface area contributed by atoms with Crippen LogP contribution in [-0.4, -0.2) is 15.1 Å². The molecule has 3 nitrogen and oxygen atoms in total. The van der Waals surface area contributed by atoms with Gasteiger partial charge >= 0.3 is 0 Å². The third kappa shape index (κ3) is 3.10. The van der Waals surface area contributed by atoms with E-state index in [9.17, 15) is 4.48 Å². The molecule has 0 amide bonds. The summed E-state index contributed by atoms with van der Waals surface area (Å²) in [6.07, 6.45) is 3.31. The lowest BCUT2D eigenvalue weighted by atomic mass is 10.3. The Hall–Kier alpha value is -1.81. The highest BCUT2D eigenvalue weighted by Crippen LogP contribution is 2.06. The summed E-state index contributed by atoms with van der Waals surface area (Å²) >= 11 is 0. The predicted octanol–water partition coefficient (Wildman–Crippen LogP) is 2.36. The molecule has 0 aliphatic heterocycles. The van der Waals surface area contributed by atoms with Crippen molar-refractivity contribution in [2.24, 2.45) is 0 Å². The summed E-state index contributed by atoms with van der Waals surface area (Å²) in [5.41, 5.74) is 1.42. The summed E-state index contributed by atoms with van der Waals surface area (Å²) in [7, 11) is 0. The Morgan fingerprint density at radius 1 is 0.875 bits per heavy atom. The molecule has 0 aliphatic carbocycles. The van der Waals surface area contributed by atoms with Gasteiger partial charge in [0.25, 0.3) is 0 Å². The van der Waals surface area contributed by atoms with Gasteiger partial charge in [0, 0.05) is 12.4 Å². The smallest absolute Gasteiger partial charge is 0.0718 e. The van der Waals surface area contributed by atoms with Gasteiger partial charge in [-0.3, -0.25) is 9.97 Å². The van der Waals surface area contributed by atoms with E-state index >= 15 is 0 Å². The Bertz CT molecular complexity index is 377. The molecule has 0 saturated carbocycles. The number of hydrogen-bond acceptors (Lipinski definition) is 3. The molecule has 0 fully saturated rings. The van der Waals surface area contributed by atoms with Gasteiger partial charge in [0.2, 0.25) is 0 Å². The minimum absolute atomic E-state index is 0.178. The number of halogens is 1. The Morgan fingerprint density at radius 3 is 1.75 bits per heavy atom. The molecule has 0 bridgehead atoms. The lowest BCUT2D eigenvalue weighted by molar-refractivity contribution is 0.00365. The van der Waals surface area contributed by atoms with Crippen LogP contribution in [0.5, 0.6) is 0 Å². The van der Waals surface area contributed by atoms with Crippen LogP contribution < -0.4 is 0 Å². The van der Waals surface area contributed by atoms with Gasteiger partial charge < -0.3 is 0 Å². The fourth-order valence-corrected chi connectivity index (χ4v) is 1.39. The van der Waals surface area contributed by atoms with Crippen LogP contribution in [0.25, 0.3) is 0 Å². The molecule has 0 aliphatic rings. The van der Waals surface area contributed by atoms with Crippen molar-refractivity contribution in [3.8, 4) is 0 Å². The molecular formula is C12H12FN3. The first-order valence-corrected chi connectivity index (χ1v) is 5.05. The van der Waals surface area contributed by atoms with E-state index in [0.29, 0.717) is 16.5 Å². The van der Waals surface area contributed by atoms with Crippen molar-refractivity contribution in [3.63, 3.8) is 0 Å². The molecule has 0 N–H and O–H groups in total. The molecule has 82 valence electrons. The number of aromatic nitrogens is 2. The molecule has 2 heterocycles. The first kappa shape index (κ1) is 10.7. The van der Waals surface area contributed by atoms with Gasteiger partial charge in [0.15, 0.2) is 0 Å². The first-order valence-electron chi connectivity index (χ1n) is 5.05. The molecule has 2 rings (SSSR count). The maximum absolute atomic E-state index is 13.5. The third-order valence-corrected chi connectivity index (χ3v) is 2.12. The molecule has 0 spiro atoms.